The van der Waals surface area contributed by atoms with Gasteiger partial charge in [0.25, 0.3) is 0 Å². The van der Waals surface area contributed by atoms with Crippen LogP contribution < -0.4 is 10.5 Å². The summed E-state index contributed by atoms with van der Waals surface area (Å²) < 4.78 is 10.2. The van der Waals surface area contributed by atoms with E-state index in [2.05, 4.69) is 5.16 Å². The summed E-state index contributed by atoms with van der Waals surface area (Å²) in [4.78, 5) is 0. The minimum Gasteiger partial charge on any atom is -0.494 e. The van der Waals surface area contributed by atoms with Crippen LogP contribution in [0.4, 0.5) is 5.82 Å². The first kappa shape index (κ1) is 11.1. The lowest BCUT2D eigenvalue weighted by atomic mass is 10.1. The van der Waals surface area contributed by atoms with Crippen LogP contribution in [0.5, 0.6) is 5.75 Å². The highest BCUT2D eigenvalue weighted by molar-refractivity contribution is 6.36. The van der Waals surface area contributed by atoms with Crippen LogP contribution in [0, 0.1) is 0 Å². The summed E-state index contributed by atoms with van der Waals surface area (Å²) in [5.41, 5.74) is 6.09. The van der Waals surface area contributed by atoms with Crippen LogP contribution in [0.2, 0.25) is 10.0 Å². The van der Waals surface area contributed by atoms with Gasteiger partial charge in [-0.05, 0) is 12.1 Å². The fourth-order valence-corrected chi connectivity index (χ4v) is 1.94. The zero-order valence-corrected chi connectivity index (χ0v) is 9.84. The highest BCUT2D eigenvalue weighted by Crippen LogP contribution is 2.39. The summed E-state index contributed by atoms with van der Waals surface area (Å²) in [6, 6.07) is 4.84. The molecule has 0 aliphatic heterocycles. The Morgan fingerprint density at radius 1 is 1.31 bits per heavy atom. The number of benzene rings is 1. The lowest BCUT2D eigenvalue weighted by Crippen LogP contribution is -1.88. The number of hydrogen-bond acceptors (Lipinski definition) is 4. The first-order chi connectivity index (χ1) is 7.61. The SMILES string of the molecule is COc1c(Cl)cc(Cl)cc1-c1cc(N)no1. The quantitative estimate of drug-likeness (QED) is 0.899. The van der Waals surface area contributed by atoms with Crippen LogP contribution in [0.15, 0.2) is 22.7 Å². The summed E-state index contributed by atoms with van der Waals surface area (Å²) >= 11 is 11.9. The van der Waals surface area contributed by atoms with Crippen LogP contribution in [0.25, 0.3) is 11.3 Å². The second-order valence-electron chi connectivity index (χ2n) is 3.08. The topological polar surface area (TPSA) is 61.3 Å². The molecular formula is C10H8Cl2N2O2. The van der Waals surface area contributed by atoms with Crippen LogP contribution in [0.3, 0.4) is 0 Å². The van der Waals surface area contributed by atoms with E-state index in [-0.39, 0.29) is 5.82 Å². The van der Waals surface area contributed by atoms with Gasteiger partial charge in [0.15, 0.2) is 11.6 Å². The van der Waals surface area contributed by atoms with Crippen molar-refractivity contribution in [2.24, 2.45) is 0 Å². The number of anilines is 1. The zero-order valence-electron chi connectivity index (χ0n) is 8.33. The molecular weight excluding hydrogens is 251 g/mol. The van der Waals surface area contributed by atoms with Crippen molar-refractivity contribution in [3.63, 3.8) is 0 Å². The Morgan fingerprint density at radius 2 is 2.06 bits per heavy atom. The van der Waals surface area contributed by atoms with E-state index >= 15 is 0 Å². The molecule has 1 heterocycles. The molecule has 6 heteroatoms. The summed E-state index contributed by atoms with van der Waals surface area (Å²) in [6.45, 7) is 0. The van der Waals surface area contributed by atoms with Crippen molar-refractivity contribution in [2.75, 3.05) is 12.8 Å². The Kier molecular flexibility index (Phi) is 2.94. The molecule has 0 spiro atoms. The number of aromatic nitrogens is 1. The van der Waals surface area contributed by atoms with Crippen molar-refractivity contribution < 1.29 is 9.26 Å². The highest BCUT2D eigenvalue weighted by Gasteiger charge is 2.15. The van der Waals surface area contributed by atoms with Gasteiger partial charge in [-0.1, -0.05) is 28.4 Å². The molecule has 4 nitrogen and oxygen atoms in total. The number of halogens is 2. The van der Waals surface area contributed by atoms with Crippen molar-refractivity contribution in [1.29, 1.82) is 0 Å². The molecule has 1 aromatic carbocycles. The van der Waals surface area contributed by atoms with E-state index < -0.39 is 0 Å². The third kappa shape index (κ3) is 1.94. The third-order valence-corrected chi connectivity index (χ3v) is 2.51. The standard InChI is InChI=1S/C10H8Cl2N2O2/c1-15-10-6(2-5(11)3-7(10)12)8-4-9(13)14-16-8/h2-4H,1H3,(H2,13,14). The second-order valence-corrected chi connectivity index (χ2v) is 3.93. The number of hydrogen-bond donors (Lipinski definition) is 1. The average molecular weight is 259 g/mol. The summed E-state index contributed by atoms with van der Waals surface area (Å²) in [6.07, 6.45) is 0. The molecule has 0 saturated heterocycles. The molecule has 84 valence electrons. The van der Waals surface area contributed by atoms with E-state index in [9.17, 15) is 0 Å². The molecule has 1 aromatic heterocycles. The van der Waals surface area contributed by atoms with Gasteiger partial charge < -0.3 is 15.0 Å². The van der Waals surface area contributed by atoms with Crippen LogP contribution in [0.1, 0.15) is 0 Å². The van der Waals surface area contributed by atoms with Gasteiger partial charge in [-0.2, -0.15) is 0 Å². The molecule has 2 N–H and O–H groups in total. The van der Waals surface area contributed by atoms with Crippen molar-refractivity contribution in [1.82, 2.24) is 5.16 Å². The van der Waals surface area contributed by atoms with Crippen LogP contribution in [-0.2, 0) is 0 Å². The first-order valence-corrected chi connectivity index (χ1v) is 5.13. The predicted octanol–water partition coefficient (Wildman–Crippen LogP) is 3.24. The van der Waals surface area contributed by atoms with Gasteiger partial charge in [0.2, 0.25) is 0 Å². The van der Waals surface area contributed by atoms with E-state index in [0.717, 1.165) is 0 Å². The lowest BCUT2D eigenvalue weighted by molar-refractivity contribution is 0.407. The lowest BCUT2D eigenvalue weighted by Gasteiger charge is -2.08. The number of nitrogens with zero attached hydrogens (tertiary/aromatic N) is 1. The van der Waals surface area contributed by atoms with Gasteiger partial charge in [0.1, 0.15) is 5.75 Å². The average Bonchev–Trinajstić information content (AvgIpc) is 2.63. The van der Waals surface area contributed by atoms with Crippen LogP contribution in [-0.4, -0.2) is 12.3 Å². The molecule has 0 fully saturated rings. The summed E-state index contributed by atoms with van der Waals surface area (Å²) in [5.74, 6) is 1.22. The number of rotatable bonds is 2. The Bertz CT molecular complexity index is 526. The summed E-state index contributed by atoms with van der Waals surface area (Å²) in [7, 11) is 1.51. The molecule has 0 saturated carbocycles. The van der Waals surface area contributed by atoms with E-state index in [1.54, 1.807) is 18.2 Å². The molecule has 2 aromatic rings. The second kappa shape index (κ2) is 4.23. The molecule has 2 rings (SSSR count). The Balaban J connectivity index is 2.63. The highest BCUT2D eigenvalue weighted by atomic mass is 35.5. The number of nitrogen functional groups attached to an aromatic ring is 1. The van der Waals surface area contributed by atoms with Crippen LogP contribution >= 0.6 is 23.2 Å². The van der Waals surface area contributed by atoms with E-state index in [1.165, 1.54) is 7.11 Å². The number of ether oxygens (including phenoxy) is 1. The molecule has 0 unspecified atom stereocenters. The van der Waals surface area contributed by atoms with Crippen molar-refractivity contribution >= 4 is 29.0 Å². The van der Waals surface area contributed by atoms with Gasteiger partial charge in [-0.15, -0.1) is 0 Å². The Labute approximate surface area is 102 Å². The van der Waals surface area contributed by atoms with Gasteiger partial charge >= 0.3 is 0 Å². The molecule has 0 aliphatic rings. The van der Waals surface area contributed by atoms with Crippen molar-refractivity contribution in [3.05, 3.63) is 28.2 Å². The molecule has 16 heavy (non-hydrogen) atoms. The minimum absolute atomic E-state index is 0.285. The molecule has 0 atom stereocenters. The monoisotopic (exact) mass is 258 g/mol. The maximum absolute atomic E-state index is 5.99. The fraction of sp³-hybridized carbons (Fsp3) is 0.100. The molecule has 0 amide bonds. The zero-order chi connectivity index (χ0) is 11.7. The molecule has 0 radical (unpaired) electrons. The predicted molar refractivity (Wildman–Crippen MR) is 62.9 cm³/mol. The Hall–Kier alpha value is -1.39. The van der Waals surface area contributed by atoms with Gasteiger partial charge in [-0.25, -0.2) is 0 Å². The molecule has 0 bridgehead atoms. The number of methoxy groups -OCH3 is 1. The molecule has 0 aliphatic carbocycles. The normalized spacial score (nSPS) is 10.4. The van der Waals surface area contributed by atoms with Gasteiger partial charge in [0, 0.05) is 11.1 Å². The van der Waals surface area contributed by atoms with Gasteiger partial charge in [0.05, 0.1) is 17.7 Å². The maximum atomic E-state index is 5.99. The third-order valence-electron chi connectivity index (χ3n) is 2.01. The number of nitrogens with two attached hydrogens (primary N) is 1. The smallest absolute Gasteiger partial charge is 0.172 e. The fourth-order valence-electron chi connectivity index (χ4n) is 1.37. The van der Waals surface area contributed by atoms with Crippen molar-refractivity contribution in [3.8, 4) is 17.1 Å². The van der Waals surface area contributed by atoms with Gasteiger partial charge in [-0.3, -0.25) is 0 Å². The maximum Gasteiger partial charge on any atom is 0.172 e. The first-order valence-electron chi connectivity index (χ1n) is 4.37. The van der Waals surface area contributed by atoms with E-state index in [4.69, 9.17) is 38.2 Å². The van der Waals surface area contributed by atoms with E-state index in [0.29, 0.717) is 27.1 Å². The summed E-state index contributed by atoms with van der Waals surface area (Å²) in [5, 5.41) is 4.47. The minimum atomic E-state index is 0.285. The van der Waals surface area contributed by atoms with E-state index in [1.807, 2.05) is 0 Å². The Morgan fingerprint density at radius 3 is 2.62 bits per heavy atom. The largest absolute Gasteiger partial charge is 0.494 e. The van der Waals surface area contributed by atoms with Crippen molar-refractivity contribution in [2.45, 2.75) is 0 Å².